The first kappa shape index (κ1) is 24.3. The zero-order chi connectivity index (χ0) is 23.7. The first-order valence-electron chi connectivity index (χ1n) is 11.7. The monoisotopic (exact) mass is 446 g/mol. The zero-order valence-corrected chi connectivity index (χ0v) is 19.8. The first-order chi connectivity index (χ1) is 15.8. The van der Waals surface area contributed by atoms with Crippen LogP contribution in [0.15, 0.2) is 72.9 Å². The number of amides is 1. The molecule has 0 atom stereocenters. The van der Waals surface area contributed by atoms with Gasteiger partial charge >= 0.3 is 5.97 Å². The number of anilines is 1. The van der Waals surface area contributed by atoms with Gasteiger partial charge in [-0.1, -0.05) is 61.4 Å². The molecule has 174 valence electrons. The van der Waals surface area contributed by atoms with Gasteiger partial charge in [0, 0.05) is 30.5 Å². The summed E-state index contributed by atoms with van der Waals surface area (Å²) in [6.45, 7) is 6.48. The number of rotatable bonds is 10. The summed E-state index contributed by atoms with van der Waals surface area (Å²) in [5.41, 5.74) is 3.11. The van der Waals surface area contributed by atoms with Gasteiger partial charge in [0.05, 0.1) is 5.56 Å². The third kappa shape index (κ3) is 7.94. The normalized spacial score (nSPS) is 11.2. The number of benzene rings is 2. The van der Waals surface area contributed by atoms with Crippen LogP contribution in [0.2, 0.25) is 0 Å². The zero-order valence-electron chi connectivity index (χ0n) is 19.8. The Labute approximate surface area is 196 Å². The maximum Gasteiger partial charge on any atom is 0.306 e. The van der Waals surface area contributed by atoms with Gasteiger partial charge in [-0.15, -0.1) is 0 Å². The molecule has 33 heavy (non-hydrogen) atoms. The Hall–Kier alpha value is -3.34. The average Bonchev–Trinajstić information content (AvgIpc) is 3.20. The fourth-order valence-corrected chi connectivity index (χ4v) is 3.69. The van der Waals surface area contributed by atoms with E-state index in [2.05, 4.69) is 22.0 Å². The van der Waals surface area contributed by atoms with Crippen molar-refractivity contribution in [1.29, 1.82) is 0 Å². The van der Waals surface area contributed by atoms with Crippen molar-refractivity contribution >= 4 is 17.6 Å². The predicted octanol–water partition coefficient (Wildman–Crippen LogP) is 6.70. The number of nitrogens with zero attached hydrogens (tertiary/aromatic N) is 1. The topological polar surface area (TPSA) is 60.3 Å². The summed E-state index contributed by atoms with van der Waals surface area (Å²) in [6.07, 6.45) is 6.18. The van der Waals surface area contributed by atoms with E-state index in [0.29, 0.717) is 12.0 Å². The number of carbonyl (C=O) groups excluding carboxylic acids is 2. The molecule has 3 aromatic rings. The lowest BCUT2D eigenvalue weighted by Gasteiger charge is -2.19. The molecule has 5 heteroatoms. The highest BCUT2D eigenvalue weighted by atomic mass is 16.6. The van der Waals surface area contributed by atoms with E-state index < -0.39 is 5.60 Å². The van der Waals surface area contributed by atoms with Crippen LogP contribution < -0.4 is 5.32 Å². The van der Waals surface area contributed by atoms with Gasteiger partial charge in [-0.25, -0.2) is 0 Å². The Balaban J connectivity index is 1.58. The molecule has 0 unspecified atom stereocenters. The maximum atomic E-state index is 12.8. The summed E-state index contributed by atoms with van der Waals surface area (Å²) in [5.74, 6) is -0.247. The summed E-state index contributed by atoms with van der Waals surface area (Å²) in [5, 5.41) is 2.96. The van der Waals surface area contributed by atoms with Crippen LogP contribution in [0.5, 0.6) is 0 Å². The van der Waals surface area contributed by atoms with Gasteiger partial charge in [0.2, 0.25) is 0 Å². The largest absolute Gasteiger partial charge is 0.460 e. The van der Waals surface area contributed by atoms with Gasteiger partial charge in [0.15, 0.2) is 0 Å². The Bertz CT molecular complexity index is 1030. The molecule has 1 amide bonds. The van der Waals surface area contributed by atoms with Crippen molar-refractivity contribution in [2.75, 3.05) is 5.32 Å². The summed E-state index contributed by atoms with van der Waals surface area (Å²) < 4.78 is 7.52. The predicted molar refractivity (Wildman–Crippen MR) is 133 cm³/mol. The van der Waals surface area contributed by atoms with Gasteiger partial charge in [0.1, 0.15) is 5.60 Å². The Morgan fingerprint density at radius 1 is 0.879 bits per heavy atom. The molecule has 0 saturated heterocycles. The van der Waals surface area contributed by atoms with Crippen molar-refractivity contribution in [3.8, 4) is 11.3 Å². The molecule has 0 aliphatic heterocycles. The second-order valence-corrected chi connectivity index (χ2v) is 9.24. The Kier molecular flexibility index (Phi) is 8.47. The van der Waals surface area contributed by atoms with Crippen molar-refractivity contribution < 1.29 is 14.3 Å². The smallest absolute Gasteiger partial charge is 0.306 e. The van der Waals surface area contributed by atoms with E-state index in [9.17, 15) is 9.59 Å². The molecule has 0 aliphatic carbocycles. The van der Waals surface area contributed by atoms with E-state index in [-0.39, 0.29) is 11.9 Å². The molecule has 1 aromatic heterocycles. The third-order valence-corrected chi connectivity index (χ3v) is 5.21. The lowest BCUT2D eigenvalue weighted by molar-refractivity contribution is -0.154. The fraction of sp³-hybridized carbons (Fsp3) is 0.357. The van der Waals surface area contributed by atoms with Crippen LogP contribution in [-0.4, -0.2) is 22.0 Å². The molecule has 0 bridgehead atoms. The minimum atomic E-state index is -0.427. The van der Waals surface area contributed by atoms with Crippen molar-refractivity contribution in [3.63, 3.8) is 0 Å². The molecule has 0 spiro atoms. The summed E-state index contributed by atoms with van der Waals surface area (Å²) >= 11 is 0. The summed E-state index contributed by atoms with van der Waals surface area (Å²) in [4.78, 5) is 24.7. The highest BCUT2D eigenvalue weighted by molar-refractivity contribution is 6.05. The number of para-hydroxylation sites is 1. The Morgan fingerprint density at radius 2 is 1.52 bits per heavy atom. The minimum absolute atomic E-state index is 0.116. The number of nitrogens with one attached hydrogen (secondary N) is 1. The van der Waals surface area contributed by atoms with E-state index in [4.69, 9.17) is 4.74 Å². The number of unbranched alkanes of at least 4 members (excludes halogenated alkanes) is 3. The number of carbonyl (C=O) groups is 2. The van der Waals surface area contributed by atoms with Gasteiger partial charge in [-0.3, -0.25) is 9.59 Å². The van der Waals surface area contributed by atoms with Gasteiger partial charge in [-0.05, 0) is 57.4 Å². The van der Waals surface area contributed by atoms with Crippen molar-refractivity contribution in [3.05, 3.63) is 78.5 Å². The molecule has 1 N–H and O–H groups in total. The number of ether oxygens (including phenoxy) is 1. The average molecular weight is 447 g/mol. The van der Waals surface area contributed by atoms with Crippen LogP contribution >= 0.6 is 0 Å². The van der Waals surface area contributed by atoms with E-state index in [1.807, 2.05) is 81.6 Å². The van der Waals surface area contributed by atoms with Crippen molar-refractivity contribution in [1.82, 2.24) is 4.57 Å². The quantitative estimate of drug-likeness (QED) is 0.278. The standard InChI is InChI=1S/C28H34N2O3/c1-28(2,3)33-26(31)18-12-4-5-13-19-30-21-23(20-25(30)22-14-8-6-9-15-22)27(32)29-24-16-10-7-11-17-24/h6-11,14-17,20-21H,4-5,12-13,18-19H2,1-3H3,(H,29,32). The van der Waals surface area contributed by atoms with Gasteiger partial charge in [-0.2, -0.15) is 0 Å². The first-order valence-corrected chi connectivity index (χ1v) is 11.7. The molecular formula is C28H34N2O3. The van der Waals surface area contributed by atoms with Crippen LogP contribution in [0.4, 0.5) is 5.69 Å². The fourth-order valence-electron chi connectivity index (χ4n) is 3.69. The molecule has 0 radical (unpaired) electrons. The molecule has 2 aromatic carbocycles. The lowest BCUT2D eigenvalue weighted by Crippen LogP contribution is -2.23. The minimum Gasteiger partial charge on any atom is -0.460 e. The van der Waals surface area contributed by atoms with E-state index in [1.165, 1.54) is 0 Å². The van der Waals surface area contributed by atoms with E-state index in [1.54, 1.807) is 0 Å². The number of hydrogen-bond acceptors (Lipinski definition) is 3. The van der Waals surface area contributed by atoms with Crippen LogP contribution in [0.25, 0.3) is 11.3 Å². The highest BCUT2D eigenvalue weighted by Gasteiger charge is 2.16. The third-order valence-electron chi connectivity index (χ3n) is 5.21. The molecule has 3 rings (SSSR count). The number of aromatic nitrogens is 1. The van der Waals surface area contributed by atoms with Crippen LogP contribution in [0.1, 0.15) is 63.2 Å². The molecule has 5 nitrogen and oxygen atoms in total. The molecule has 0 aliphatic rings. The van der Waals surface area contributed by atoms with E-state index in [0.717, 1.165) is 49.2 Å². The van der Waals surface area contributed by atoms with Crippen LogP contribution in [-0.2, 0) is 16.1 Å². The molecule has 0 fully saturated rings. The molecule has 1 heterocycles. The maximum absolute atomic E-state index is 12.8. The number of esters is 1. The molecule has 0 saturated carbocycles. The SMILES string of the molecule is CC(C)(C)OC(=O)CCCCCCn1cc(C(=O)Nc2ccccc2)cc1-c1ccccc1. The van der Waals surface area contributed by atoms with Crippen LogP contribution in [0.3, 0.4) is 0 Å². The molecular weight excluding hydrogens is 412 g/mol. The lowest BCUT2D eigenvalue weighted by atomic mass is 10.1. The number of aryl methyl sites for hydroxylation is 1. The number of hydrogen-bond donors (Lipinski definition) is 1. The summed E-state index contributed by atoms with van der Waals surface area (Å²) in [7, 11) is 0. The van der Waals surface area contributed by atoms with Gasteiger partial charge < -0.3 is 14.6 Å². The van der Waals surface area contributed by atoms with Crippen LogP contribution in [0, 0.1) is 0 Å². The van der Waals surface area contributed by atoms with Gasteiger partial charge in [0.25, 0.3) is 5.91 Å². The van der Waals surface area contributed by atoms with E-state index >= 15 is 0 Å². The van der Waals surface area contributed by atoms with Crippen molar-refractivity contribution in [2.24, 2.45) is 0 Å². The Morgan fingerprint density at radius 3 is 2.18 bits per heavy atom. The second kappa shape index (κ2) is 11.5. The van der Waals surface area contributed by atoms with Crippen molar-refractivity contribution in [2.45, 2.75) is 65.0 Å². The summed E-state index contributed by atoms with van der Waals surface area (Å²) in [6, 6.07) is 21.6. The highest BCUT2D eigenvalue weighted by Crippen LogP contribution is 2.24. The second-order valence-electron chi connectivity index (χ2n) is 9.24.